The standard InChI is InChI=1S/C17H24N2O5/c1-13(17-12-22-15-4-2-3-5-16(15)24-17)18-23-11-14(20)10-19-6-8-21-9-7-19/h2-5,14,18,20H,6-12H2,1H3/p+1/b17-13-/t14-/m0/s1. The van der Waals surface area contributed by atoms with E-state index in [1.165, 1.54) is 4.90 Å². The fourth-order valence-corrected chi connectivity index (χ4v) is 2.70. The van der Waals surface area contributed by atoms with Crippen molar-refractivity contribution >= 4 is 0 Å². The van der Waals surface area contributed by atoms with Crippen LogP contribution in [0.3, 0.4) is 0 Å². The van der Waals surface area contributed by atoms with Crippen molar-refractivity contribution in [3.63, 3.8) is 0 Å². The maximum Gasteiger partial charge on any atom is 0.169 e. The Labute approximate surface area is 141 Å². The van der Waals surface area contributed by atoms with Gasteiger partial charge in [0.15, 0.2) is 17.3 Å². The van der Waals surface area contributed by atoms with E-state index in [1.807, 2.05) is 31.2 Å². The number of hydroxylamine groups is 1. The Hall–Kier alpha value is -1.80. The zero-order valence-corrected chi connectivity index (χ0v) is 13.9. The summed E-state index contributed by atoms with van der Waals surface area (Å²) in [7, 11) is 0. The fraction of sp³-hybridized carbons (Fsp3) is 0.529. The molecule has 0 spiro atoms. The highest BCUT2D eigenvalue weighted by Gasteiger charge is 2.20. The van der Waals surface area contributed by atoms with Crippen LogP contribution in [0.25, 0.3) is 0 Å². The van der Waals surface area contributed by atoms with Gasteiger partial charge >= 0.3 is 0 Å². The third kappa shape index (κ3) is 4.61. The highest BCUT2D eigenvalue weighted by atomic mass is 16.7. The second-order valence-electron chi connectivity index (χ2n) is 6.02. The van der Waals surface area contributed by atoms with Crippen LogP contribution in [0, 0.1) is 0 Å². The van der Waals surface area contributed by atoms with Crippen LogP contribution in [-0.4, -0.2) is 57.3 Å². The fourth-order valence-electron chi connectivity index (χ4n) is 2.70. The molecule has 0 amide bonds. The Morgan fingerprint density at radius 3 is 2.83 bits per heavy atom. The zero-order valence-electron chi connectivity index (χ0n) is 13.9. The van der Waals surface area contributed by atoms with E-state index >= 15 is 0 Å². The Morgan fingerprint density at radius 1 is 1.29 bits per heavy atom. The molecule has 1 aromatic carbocycles. The van der Waals surface area contributed by atoms with Gasteiger partial charge in [-0.05, 0) is 19.1 Å². The summed E-state index contributed by atoms with van der Waals surface area (Å²) in [5.41, 5.74) is 3.56. The van der Waals surface area contributed by atoms with Crippen molar-refractivity contribution in [2.24, 2.45) is 0 Å². The van der Waals surface area contributed by atoms with Crippen LogP contribution in [0.15, 0.2) is 35.7 Å². The molecule has 7 heteroatoms. The molecule has 0 saturated carbocycles. The average molecular weight is 337 g/mol. The lowest BCUT2D eigenvalue weighted by atomic mass is 10.3. The maximum atomic E-state index is 10.1. The van der Waals surface area contributed by atoms with E-state index in [1.54, 1.807) is 0 Å². The summed E-state index contributed by atoms with van der Waals surface area (Å²) in [6, 6.07) is 7.53. The van der Waals surface area contributed by atoms with Gasteiger partial charge < -0.3 is 24.2 Å². The molecule has 0 aromatic heterocycles. The SMILES string of the molecule is C/C(NOC[C@@H](O)C[NH+]1CCOCC1)=C1\COc2ccccc2O1. The number of allylic oxidation sites excluding steroid dienone is 1. The lowest BCUT2D eigenvalue weighted by molar-refractivity contribution is -0.911. The summed E-state index contributed by atoms with van der Waals surface area (Å²) in [6.07, 6.45) is -0.521. The summed E-state index contributed by atoms with van der Waals surface area (Å²) >= 11 is 0. The first-order chi connectivity index (χ1) is 11.7. The number of fused-ring (bicyclic) bond motifs is 1. The molecule has 2 aliphatic heterocycles. The van der Waals surface area contributed by atoms with Gasteiger partial charge in [-0.15, -0.1) is 0 Å². The van der Waals surface area contributed by atoms with Crippen LogP contribution < -0.4 is 19.9 Å². The lowest BCUT2D eigenvalue weighted by Gasteiger charge is -2.26. The minimum Gasteiger partial charge on any atom is -0.482 e. The van der Waals surface area contributed by atoms with Crippen molar-refractivity contribution in [2.75, 3.05) is 46.1 Å². The summed E-state index contributed by atoms with van der Waals surface area (Å²) < 4.78 is 16.8. The quantitative estimate of drug-likeness (QED) is 0.607. The molecule has 0 bridgehead atoms. The number of quaternary nitrogens is 1. The molecular weight excluding hydrogens is 312 g/mol. The van der Waals surface area contributed by atoms with Crippen molar-refractivity contribution in [1.29, 1.82) is 0 Å². The zero-order chi connectivity index (χ0) is 16.8. The number of aliphatic hydroxyl groups excluding tert-OH is 1. The molecule has 3 N–H and O–H groups in total. The van der Waals surface area contributed by atoms with Crippen LogP contribution in [-0.2, 0) is 9.57 Å². The van der Waals surface area contributed by atoms with Crippen LogP contribution in [0.5, 0.6) is 11.5 Å². The minimum atomic E-state index is -0.521. The summed E-state index contributed by atoms with van der Waals surface area (Å²) in [6.45, 7) is 6.44. The highest BCUT2D eigenvalue weighted by molar-refractivity contribution is 5.42. The van der Waals surface area contributed by atoms with Crippen molar-refractivity contribution in [3.8, 4) is 11.5 Å². The predicted octanol–water partition coefficient (Wildman–Crippen LogP) is -0.513. The molecule has 1 aromatic rings. The van der Waals surface area contributed by atoms with Crippen molar-refractivity contribution in [2.45, 2.75) is 13.0 Å². The Morgan fingerprint density at radius 2 is 2.04 bits per heavy atom. The number of benzene rings is 1. The molecule has 132 valence electrons. The maximum absolute atomic E-state index is 10.1. The van der Waals surface area contributed by atoms with Gasteiger partial charge in [0.1, 0.15) is 39.0 Å². The van der Waals surface area contributed by atoms with Crippen LogP contribution in [0.4, 0.5) is 0 Å². The summed E-state index contributed by atoms with van der Waals surface area (Å²) in [4.78, 5) is 6.74. The molecule has 2 heterocycles. The molecule has 2 aliphatic rings. The van der Waals surface area contributed by atoms with Gasteiger partial charge in [0, 0.05) is 0 Å². The molecule has 0 radical (unpaired) electrons. The summed E-state index contributed by atoms with van der Waals surface area (Å²) in [5, 5.41) is 10.1. The van der Waals surface area contributed by atoms with E-state index in [2.05, 4.69) is 5.48 Å². The molecular formula is C17H25N2O5+. The van der Waals surface area contributed by atoms with E-state index in [0.29, 0.717) is 24.7 Å². The summed E-state index contributed by atoms with van der Waals surface area (Å²) in [5.74, 6) is 2.09. The van der Waals surface area contributed by atoms with E-state index in [9.17, 15) is 5.11 Å². The van der Waals surface area contributed by atoms with Gasteiger partial charge in [-0.25, -0.2) is 0 Å². The van der Waals surface area contributed by atoms with Crippen LogP contribution in [0.1, 0.15) is 6.92 Å². The predicted molar refractivity (Wildman–Crippen MR) is 86.7 cm³/mol. The molecule has 7 nitrogen and oxygen atoms in total. The van der Waals surface area contributed by atoms with E-state index in [0.717, 1.165) is 37.7 Å². The van der Waals surface area contributed by atoms with Crippen molar-refractivity contribution < 1.29 is 29.1 Å². The van der Waals surface area contributed by atoms with E-state index in [-0.39, 0.29) is 6.61 Å². The molecule has 0 aliphatic carbocycles. The third-order valence-corrected chi connectivity index (χ3v) is 4.08. The molecule has 24 heavy (non-hydrogen) atoms. The van der Waals surface area contributed by atoms with Gasteiger partial charge in [-0.3, -0.25) is 10.3 Å². The molecule has 3 rings (SSSR count). The number of aliphatic hydroxyl groups is 1. The van der Waals surface area contributed by atoms with Crippen molar-refractivity contribution in [1.82, 2.24) is 5.48 Å². The number of hydrogen-bond acceptors (Lipinski definition) is 6. The van der Waals surface area contributed by atoms with E-state index in [4.69, 9.17) is 19.0 Å². The molecule has 1 atom stereocenters. The average Bonchev–Trinajstić information content (AvgIpc) is 2.62. The Kier molecular flexibility index (Phi) is 5.92. The topological polar surface area (TPSA) is 73.6 Å². The highest BCUT2D eigenvalue weighted by Crippen LogP contribution is 2.32. The van der Waals surface area contributed by atoms with Gasteiger partial charge in [-0.1, -0.05) is 12.1 Å². The number of rotatable bonds is 6. The molecule has 1 saturated heterocycles. The smallest absolute Gasteiger partial charge is 0.169 e. The number of hydrogen-bond donors (Lipinski definition) is 3. The first-order valence-electron chi connectivity index (χ1n) is 8.29. The molecule has 0 unspecified atom stereocenters. The van der Waals surface area contributed by atoms with Crippen LogP contribution in [0.2, 0.25) is 0 Å². The second-order valence-corrected chi connectivity index (χ2v) is 6.02. The Balaban J connectivity index is 1.43. The monoisotopic (exact) mass is 337 g/mol. The van der Waals surface area contributed by atoms with Gasteiger partial charge in [0.25, 0.3) is 0 Å². The first kappa shape index (κ1) is 17.0. The Bertz CT molecular complexity index is 572. The minimum absolute atomic E-state index is 0.215. The second kappa shape index (κ2) is 8.34. The van der Waals surface area contributed by atoms with Crippen molar-refractivity contribution in [3.05, 3.63) is 35.7 Å². The van der Waals surface area contributed by atoms with Gasteiger partial charge in [0.05, 0.1) is 18.9 Å². The normalized spacial score (nSPS) is 21.2. The number of morpholine rings is 1. The third-order valence-electron chi connectivity index (χ3n) is 4.08. The van der Waals surface area contributed by atoms with E-state index < -0.39 is 6.10 Å². The number of para-hydroxylation sites is 2. The van der Waals surface area contributed by atoms with Gasteiger partial charge in [0.2, 0.25) is 0 Å². The first-order valence-corrected chi connectivity index (χ1v) is 8.29. The lowest BCUT2D eigenvalue weighted by Crippen LogP contribution is -3.15. The van der Waals surface area contributed by atoms with Crippen LogP contribution >= 0.6 is 0 Å². The largest absolute Gasteiger partial charge is 0.482 e. The number of nitrogens with one attached hydrogen (secondary N) is 2. The molecule has 1 fully saturated rings. The van der Waals surface area contributed by atoms with Gasteiger partial charge in [-0.2, -0.15) is 0 Å². The number of ether oxygens (including phenoxy) is 3.